The Morgan fingerprint density at radius 3 is 2.43 bits per heavy atom. The highest BCUT2D eigenvalue weighted by molar-refractivity contribution is 7.89. The topological polar surface area (TPSA) is 64.6 Å². The summed E-state index contributed by atoms with van der Waals surface area (Å²) in [6, 6.07) is 11.8. The van der Waals surface area contributed by atoms with Gasteiger partial charge in [0.25, 0.3) is 0 Å². The average Bonchev–Trinajstić information content (AvgIpc) is 2.54. The van der Waals surface area contributed by atoms with E-state index in [1.165, 1.54) is 26.4 Å². The predicted octanol–water partition coefficient (Wildman–Crippen LogP) is 2.88. The quantitative estimate of drug-likeness (QED) is 0.829. The van der Waals surface area contributed by atoms with E-state index < -0.39 is 10.0 Å². The Kier molecular flexibility index (Phi) is 5.87. The molecule has 0 heterocycles. The van der Waals surface area contributed by atoms with E-state index in [0.29, 0.717) is 22.9 Å². The van der Waals surface area contributed by atoms with Gasteiger partial charge in [-0.05, 0) is 36.2 Å². The Hall–Kier alpha value is -1.76. The summed E-state index contributed by atoms with van der Waals surface area (Å²) in [6.45, 7) is 0.275. The van der Waals surface area contributed by atoms with Crippen molar-refractivity contribution in [3.63, 3.8) is 0 Å². The first-order valence-corrected chi connectivity index (χ1v) is 8.78. The Bertz CT molecular complexity index is 777. The van der Waals surface area contributed by atoms with Gasteiger partial charge in [0.15, 0.2) is 11.5 Å². The van der Waals surface area contributed by atoms with Gasteiger partial charge in [-0.3, -0.25) is 0 Å². The van der Waals surface area contributed by atoms with Gasteiger partial charge in [0, 0.05) is 17.6 Å². The molecule has 0 aromatic heterocycles. The number of ether oxygens (including phenoxy) is 2. The molecule has 0 bridgehead atoms. The minimum atomic E-state index is -3.62. The van der Waals surface area contributed by atoms with Gasteiger partial charge in [-0.25, -0.2) is 13.1 Å². The fraction of sp³-hybridized carbons (Fsp3) is 0.250. The summed E-state index contributed by atoms with van der Waals surface area (Å²) >= 11 is 5.91. The van der Waals surface area contributed by atoms with Crippen molar-refractivity contribution in [2.45, 2.75) is 11.3 Å². The molecular formula is C16H18ClNO4S. The first-order chi connectivity index (χ1) is 11.0. The first kappa shape index (κ1) is 17.6. The lowest BCUT2D eigenvalue weighted by molar-refractivity contribution is 0.354. The van der Waals surface area contributed by atoms with Gasteiger partial charge in [0.1, 0.15) is 0 Å². The zero-order valence-corrected chi connectivity index (χ0v) is 14.4. The molecule has 0 fully saturated rings. The third-order valence-electron chi connectivity index (χ3n) is 3.26. The van der Waals surface area contributed by atoms with Crippen LogP contribution in [0.4, 0.5) is 0 Å². The van der Waals surface area contributed by atoms with E-state index in [9.17, 15) is 8.42 Å². The van der Waals surface area contributed by atoms with Crippen molar-refractivity contribution >= 4 is 21.6 Å². The Labute approximate surface area is 141 Å². The highest BCUT2D eigenvalue weighted by Gasteiger charge is 2.16. The molecule has 0 unspecified atom stereocenters. The van der Waals surface area contributed by atoms with Crippen LogP contribution in [0, 0.1) is 0 Å². The van der Waals surface area contributed by atoms with Crippen molar-refractivity contribution in [3.8, 4) is 11.5 Å². The normalized spacial score (nSPS) is 11.3. The highest BCUT2D eigenvalue weighted by Crippen LogP contribution is 2.29. The van der Waals surface area contributed by atoms with Gasteiger partial charge in [0.2, 0.25) is 10.0 Å². The van der Waals surface area contributed by atoms with E-state index in [4.69, 9.17) is 21.1 Å². The average molecular weight is 356 g/mol. The lowest BCUT2D eigenvalue weighted by Gasteiger charge is -2.11. The molecule has 7 heteroatoms. The van der Waals surface area contributed by atoms with E-state index in [1.54, 1.807) is 12.1 Å². The van der Waals surface area contributed by atoms with Crippen LogP contribution in [-0.4, -0.2) is 29.2 Å². The van der Waals surface area contributed by atoms with E-state index in [0.717, 1.165) is 5.56 Å². The molecule has 0 aliphatic rings. The van der Waals surface area contributed by atoms with Crippen LogP contribution in [0.3, 0.4) is 0 Å². The monoisotopic (exact) mass is 355 g/mol. The van der Waals surface area contributed by atoms with Crippen molar-refractivity contribution in [2.75, 3.05) is 20.8 Å². The summed E-state index contributed by atoms with van der Waals surface area (Å²) < 4.78 is 37.4. The van der Waals surface area contributed by atoms with E-state index >= 15 is 0 Å². The summed E-state index contributed by atoms with van der Waals surface area (Å²) in [7, 11) is -0.662. The van der Waals surface area contributed by atoms with Crippen molar-refractivity contribution in [3.05, 3.63) is 53.1 Å². The summed E-state index contributed by atoms with van der Waals surface area (Å²) in [5.74, 6) is 0.843. The molecule has 0 amide bonds. The molecule has 0 aliphatic carbocycles. The Balaban J connectivity index is 2.07. The first-order valence-electron chi connectivity index (χ1n) is 6.92. The van der Waals surface area contributed by atoms with Crippen molar-refractivity contribution in [1.82, 2.24) is 4.72 Å². The highest BCUT2D eigenvalue weighted by atomic mass is 35.5. The minimum absolute atomic E-state index is 0.126. The van der Waals surface area contributed by atoms with Gasteiger partial charge < -0.3 is 9.47 Å². The molecule has 0 saturated heterocycles. The SMILES string of the molecule is COc1ccc(S(=O)(=O)NCCc2cccc(Cl)c2)cc1OC. The van der Waals surface area contributed by atoms with E-state index in [-0.39, 0.29) is 11.4 Å². The zero-order valence-electron chi connectivity index (χ0n) is 12.9. The fourth-order valence-electron chi connectivity index (χ4n) is 2.09. The number of hydrogen-bond acceptors (Lipinski definition) is 4. The molecule has 0 radical (unpaired) electrons. The van der Waals surface area contributed by atoms with Crippen LogP contribution in [0.15, 0.2) is 47.4 Å². The van der Waals surface area contributed by atoms with Gasteiger partial charge in [0.05, 0.1) is 19.1 Å². The third-order valence-corrected chi connectivity index (χ3v) is 4.95. The number of halogens is 1. The molecular weight excluding hydrogens is 338 g/mol. The van der Waals surface area contributed by atoms with Crippen LogP contribution < -0.4 is 14.2 Å². The van der Waals surface area contributed by atoms with Crippen molar-refractivity contribution < 1.29 is 17.9 Å². The maximum absolute atomic E-state index is 12.3. The molecule has 124 valence electrons. The third kappa shape index (κ3) is 4.60. The minimum Gasteiger partial charge on any atom is -0.493 e. The van der Waals surface area contributed by atoms with Crippen LogP contribution >= 0.6 is 11.6 Å². The molecule has 2 aromatic rings. The fourth-order valence-corrected chi connectivity index (χ4v) is 3.35. The second kappa shape index (κ2) is 7.68. The van der Waals surface area contributed by atoms with Crippen molar-refractivity contribution in [2.24, 2.45) is 0 Å². The smallest absolute Gasteiger partial charge is 0.240 e. The van der Waals surface area contributed by atoms with Crippen LogP contribution in [0.2, 0.25) is 5.02 Å². The number of methoxy groups -OCH3 is 2. The number of sulfonamides is 1. The lowest BCUT2D eigenvalue weighted by Crippen LogP contribution is -2.26. The van der Waals surface area contributed by atoms with Gasteiger partial charge in [-0.15, -0.1) is 0 Å². The summed E-state index contributed by atoms with van der Waals surface area (Å²) in [5, 5.41) is 0.630. The molecule has 0 saturated carbocycles. The predicted molar refractivity (Wildman–Crippen MR) is 89.9 cm³/mol. The molecule has 23 heavy (non-hydrogen) atoms. The second-order valence-corrected chi connectivity index (χ2v) is 7.00. The van der Waals surface area contributed by atoms with Gasteiger partial charge >= 0.3 is 0 Å². The molecule has 0 aliphatic heterocycles. The maximum atomic E-state index is 12.3. The van der Waals surface area contributed by atoms with Crippen molar-refractivity contribution in [1.29, 1.82) is 0 Å². The van der Waals surface area contributed by atoms with Gasteiger partial charge in [-0.1, -0.05) is 23.7 Å². The second-order valence-electron chi connectivity index (χ2n) is 4.79. The Morgan fingerprint density at radius 1 is 1.04 bits per heavy atom. The van der Waals surface area contributed by atoms with Crippen LogP contribution in [0.5, 0.6) is 11.5 Å². The molecule has 5 nitrogen and oxygen atoms in total. The number of hydrogen-bond donors (Lipinski definition) is 1. The summed E-state index contributed by atoms with van der Waals surface area (Å²) in [5.41, 5.74) is 0.965. The summed E-state index contributed by atoms with van der Waals surface area (Å²) in [6.07, 6.45) is 0.549. The van der Waals surface area contributed by atoms with Gasteiger partial charge in [-0.2, -0.15) is 0 Å². The van der Waals surface area contributed by atoms with Crippen LogP contribution in [0.1, 0.15) is 5.56 Å². The standard InChI is InChI=1S/C16H18ClNO4S/c1-21-15-7-6-14(11-16(15)22-2)23(19,20)18-9-8-12-4-3-5-13(17)10-12/h3-7,10-11,18H,8-9H2,1-2H3. The van der Waals surface area contributed by atoms with Crippen LogP contribution in [-0.2, 0) is 16.4 Å². The number of rotatable bonds is 7. The number of benzene rings is 2. The zero-order chi connectivity index (χ0) is 16.9. The Morgan fingerprint density at radius 2 is 1.78 bits per heavy atom. The lowest BCUT2D eigenvalue weighted by atomic mass is 10.2. The van der Waals surface area contributed by atoms with E-state index in [2.05, 4.69) is 4.72 Å². The van der Waals surface area contributed by atoms with E-state index in [1.807, 2.05) is 18.2 Å². The largest absolute Gasteiger partial charge is 0.493 e. The maximum Gasteiger partial charge on any atom is 0.240 e. The molecule has 1 N–H and O–H groups in total. The summed E-state index contributed by atoms with van der Waals surface area (Å²) in [4.78, 5) is 0.126. The molecule has 2 aromatic carbocycles. The van der Waals surface area contributed by atoms with Crippen LogP contribution in [0.25, 0.3) is 0 Å². The number of nitrogens with one attached hydrogen (secondary N) is 1. The molecule has 0 atom stereocenters. The molecule has 2 rings (SSSR count). The molecule has 0 spiro atoms.